The molecule has 1 aromatic rings. The highest BCUT2D eigenvalue weighted by molar-refractivity contribution is 9.10. The van der Waals surface area contributed by atoms with E-state index >= 15 is 0 Å². The van der Waals surface area contributed by atoms with Crippen molar-refractivity contribution < 1.29 is 14.4 Å². The molecule has 0 aliphatic carbocycles. The summed E-state index contributed by atoms with van der Waals surface area (Å²) in [5, 5.41) is 12.4. The summed E-state index contributed by atoms with van der Waals surface area (Å²) in [4.78, 5) is 13.0. The van der Waals surface area contributed by atoms with Gasteiger partial charge in [-0.25, -0.2) is 4.79 Å². The molecule has 1 N–H and O–H groups in total. The van der Waals surface area contributed by atoms with Crippen LogP contribution in [0.2, 0.25) is 0 Å². The van der Waals surface area contributed by atoms with Crippen molar-refractivity contribution in [3.8, 4) is 0 Å². The monoisotopic (exact) mass is 288 g/mol. The van der Waals surface area contributed by atoms with Gasteiger partial charge in [-0.1, -0.05) is 5.16 Å². The molecule has 1 unspecified atom stereocenters. The van der Waals surface area contributed by atoms with Crippen LogP contribution in [0.3, 0.4) is 0 Å². The van der Waals surface area contributed by atoms with Crippen LogP contribution in [-0.2, 0) is 0 Å². The van der Waals surface area contributed by atoms with Crippen LogP contribution in [-0.4, -0.2) is 41.3 Å². The lowest BCUT2D eigenvalue weighted by molar-refractivity contribution is 0.0684. The maximum atomic E-state index is 10.8. The predicted molar refractivity (Wildman–Crippen MR) is 60.6 cm³/mol. The highest BCUT2D eigenvalue weighted by Crippen LogP contribution is 2.33. The zero-order valence-corrected chi connectivity index (χ0v) is 10.5. The van der Waals surface area contributed by atoms with Crippen LogP contribution in [0.15, 0.2) is 9.00 Å². The number of hydrogen-bond donors (Lipinski definition) is 1. The minimum atomic E-state index is -1.06. The third-order valence-electron chi connectivity index (χ3n) is 2.86. The Balaban J connectivity index is 2.23. The molecule has 16 heavy (non-hydrogen) atoms. The molecule has 0 radical (unpaired) electrons. The Morgan fingerprint density at radius 3 is 3.00 bits per heavy atom. The molecule has 0 saturated carbocycles. The number of carbonyl (C=O) groups is 1. The highest BCUT2D eigenvalue weighted by atomic mass is 79.9. The number of aromatic carboxylic acids is 1. The van der Waals surface area contributed by atoms with Crippen molar-refractivity contribution in [2.75, 3.05) is 20.1 Å². The summed E-state index contributed by atoms with van der Waals surface area (Å²) in [5.74, 6) is -0.177. The Morgan fingerprint density at radius 2 is 2.44 bits per heavy atom. The SMILES string of the molecule is CN1CCCC(c2onc(C(=O)O)c2Br)C1. The predicted octanol–water partition coefficient (Wildman–Crippen LogP) is 1.94. The molecule has 6 heteroatoms. The Labute approximate surface area is 102 Å². The summed E-state index contributed by atoms with van der Waals surface area (Å²) in [6.45, 7) is 1.96. The molecule has 1 aromatic heterocycles. The van der Waals surface area contributed by atoms with E-state index in [-0.39, 0.29) is 11.6 Å². The second kappa shape index (κ2) is 4.55. The summed E-state index contributed by atoms with van der Waals surface area (Å²) < 4.78 is 5.63. The number of likely N-dealkylation sites (N-methyl/N-ethyl adjacent to an activating group) is 1. The van der Waals surface area contributed by atoms with E-state index in [1.807, 2.05) is 0 Å². The van der Waals surface area contributed by atoms with E-state index in [0.717, 1.165) is 25.9 Å². The lowest BCUT2D eigenvalue weighted by atomic mass is 9.96. The van der Waals surface area contributed by atoms with Crippen molar-refractivity contribution in [3.63, 3.8) is 0 Å². The second-order valence-corrected chi connectivity index (χ2v) is 4.91. The van der Waals surface area contributed by atoms with E-state index in [1.165, 1.54) is 0 Å². The van der Waals surface area contributed by atoms with Gasteiger partial charge in [-0.3, -0.25) is 0 Å². The third kappa shape index (κ3) is 2.12. The Bertz CT molecular complexity index is 405. The van der Waals surface area contributed by atoms with Gasteiger partial charge in [-0.2, -0.15) is 0 Å². The molecule has 1 aliphatic rings. The summed E-state index contributed by atoms with van der Waals surface area (Å²) >= 11 is 3.25. The van der Waals surface area contributed by atoms with Crippen LogP contribution in [0.1, 0.15) is 35.0 Å². The summed E-state index contributed by atoms with van der Waals surface area (Å²) in [7, 11) is 2.05. The fraction of sp³-hybridized carbons (Fsp3) is 0.600. The maximum Gasteiger partial charge on any atom is 0.359 e. The fourth-order valence-corrected chi connectivity index (χ4v) is 2.70. The lowest BCUT2D eigenvalue weighted by Crippen LogP contribution is -2.30. The molecule has 2 rings (SSSR count). The van der Waals surface area contributed by atoms with Crippen LogP contribution < -0.4 is 0 Å². The molecule has 1 aliphatic heterocycles. The summed E-state index contributed by atoms with van der Waals surface area (Å²) in [6.07, 6.45) is 2.11. The quantitative estimate of drug-likeness (QED) is 0.901. The van der Waals surface area contributed by atoms with Gasteiger partial charge in [0.05, 0.1) is 4.47 Å². The number of piperidine rings is 1. The van der Waals surface area contributed by atoms with Gasteiger partial charge < -0.3 is 14.5 Å². The van der Waals surface area contributed by atoms with Gasteiger partial charge in [0.1, 0.15) is 0 Å². The molecule has 1 fully saturated rings. The molecular weight excluding hydrogens is 276 g/mol. The minimum Gasteiger partial charge on any atom is -0.476 e. The normalized spacial score (nSPS) is 22.2. The zero-order chi connectivity index (χ0) is 11.7. The van der Waals surface area contributed by atoms with Crippen LogP contribution in [0, 0.1) is 0 Å². The molecule has 0 spiro atoms. The van der Waals surface area contributed by atoms with Crippen molar-refractivity contribution in [2.45, 2.75) is 18.8 Å². The Kier molecular flexibility index (Phi) is 3.30. The second-order valence-electron chi connectivity index (χ2n) is 4.12. The number of carboxylic acids is 1. The van der Waals surface area contributed by atoms with Gasteiger partial charge in [-0.15, -0.1) is 0 Å². The molecule has 1 saturated heterocycles. The molecule has 1 atom stereocenters. The van der Waals surface area contributed by atoms with E-state index < -0.39 is 5.97 Å². The Hall–Kier alpha value is -0.880. The molecular formula is C10H13BrN2O3. The van der Waals surface area contributed by atoms with Crippen LogP contribution >= 0.6 is 15.9 Å². The molecule has 0 bridgehead atoms. The largest absolute Gasteiger partial charge is 0.476 e. The lowest BCUT2D eigenvalue weighted by Gasteiger charge is -2.28. The van der Waals surface area contributed by atoms with Crippen LogP contribution in [0.4, 0.5) is 0 Å². The number of carboxylic acid groups (broad SMARTS) is 1. The molecule has 88 valence electrons. The molecule has 0 amide bonds. The van der Waals surface area contributed by atoms with E-state index in [2.05, 4.69) is 33.0 Å². The standard InChI is InChI=1S/C10H13BrN2O3/c1-13-4-2-3-6(5-13)9-7(11)8(10(14)15)12-16-9/h6H,2-5H2,1H3,(H,14,15). The molecule has 5 nitrogen and oxygen atoms in total. The smallest absolute Gasteiger partial charge is 0.359 e. The average molecular weight is 289 g/mol. The van der Waals surface area contributed by atoms with Gasteiger partial charge in [0.25, 0.3) is 0 Å². The average Bonchev–Trinajstić information content (AvgIpc) is 2.60. The zero-order valence-electron chi connectivity index (χ0n) is 8.94. The first-order chi connectivity index (χ1) is 7.59. The van der Waals surface area contributed by atoms with Crippen LogP contribution in [0.5, 0.6) is 0 Å². The molecule has 0 aromatic carbocycles. The minimum absolute atomic E-state index is 0.0387. The van der Waals surface area contributed by atoms with E-state index in [9.17, 15) is 4.79 Å². The van der Waals surface area contributed by atoms with Gasteiger partial charge in [-0.05, 0) is 42.4 Å². The third-order valence-corrected chi connectivity index (χ3v) is 3.62. The maximum absolute atomic E-state index is 10.8. The number of rotatable bonds is 2. The number of aromatic nitrogens is 1. The fourth-order valence-electron chi connectivity index (χ4n) is 2.06. The highest BCUT2D eigenvalue weighted by Gasteiger charge is 2.28. The van der Waals surface area contributed by atoms with E-state index in [0.29, 0.717) is 10.2 Å². The van der Waals surface area contributed by atoms with E-state index in [4.69, 9.17) is 9.63 Å². The van der Waals surface area contributed by atoms with Crippen molar-refractivity contribution in [3.05, 3.63) is 15.9 Å². The van der Waals surface area contributed by atoms with E-state index in [1.54, 1.807) is 0 Å². The first-order valence-corrected chi connectivity index (χ1v) is 5.95. The molecule has 2 heterocycles. The van der Waals surface area contributed by atoms with Gasteiger partial charge in [0, 0.05) is 12.5 Å². The summed E-state index contributed by atoms with van der Waals surface area (Å²) in [5.41, 5.74) is -0.0387. The van der Waals surface area contributed by atoms with Crippen molar-refractivity contribution in [1.82, 2.24) is 10.1 Å². The van der Waals surface area contributed by atoms with Crippen molar-refractivity contribution in [1.29, 1.82) is 0 Å². The van der Waals surface area contributed by atoms with Crippen molar-refractivity contribution in [2.24, 2.45) is 0 Å². The number of hydrogen-bond acceptors (Lipinski definition) is 4. The topological polar surface area (TPSA) is 66.6 Å². The van der Waals surface area contributed by atoms with Crippen LogP contribution in [0.25, 0.3) is 0 Å². The number of likely N-dealkylation sites (tertiary alicyclic amines) is 1. The van der Waals surface area contributed by atoms with Gasteiger partial charge in [0.15, 0.2) is 5.76 Å². The Morgan fingerprint density at radius 1 is 1.69 bits per heavy atom. The van der Waals surface area contributed by atoms with Gasteiger partial charge in [0.2, 0.25) is 5.69 Å². The summed E-state index contributed by atoms with van der Waals surface area (Å²) in [6, 6.07) is 0. The first-order valence-electron chi connectivity index (χ1n) is 5.16. The number of nitrogens with zero attached hydrogens (tertiary/aromatic N) is 2. The van der Waals surface area contributed by atoms with Gasteiger partial charge >= 0.3 is 5.97 Å². The first kappa shape index (κ1) is 11.6. The number of halogens is 1. The van der Waals surface area contributed by atoms with Crippen molar-refractivity contribution >= 4 is 21.9 Å².